The molecule has 2 fully saturated rings. The molecule has 1 saturated heterocycles. The fraction of sp³-hybridized carbons (Fsp3) is 1.00. The van der Waals surface area contributed by atoms with Crippen LogP contribution in [0.3, 0.4) is 0 Å². The van der Waals surface area contributed by atoms with E-state index in [1.54, 1.807) is 0 Å². The molecule has 1 aliphatic heterocycles. The molecule has 58 valence electrons. The second-order valence-corrected chi connectivity index (χ2v) is 4.18. The minimum Gasteiger partial charge on any atom is -0.300 e. The summed E-state index contributed by atoms with van der Waals surface area (Å²) in [6, 6.07) is 1.79. The van der Waals surface area contributed by atoms with Gasteiger partial charge in [-0.05, 0) is 38.6 Å². The average Bonchev–Trinajstić information content (AvgIpc) is 2.62. The summed E-state index contributed by atoms with van der Waals surface area (Å²) in [5, 5.41) is 0. The van der Waals surface area contributed by atoms with E-state index in [9.17, 15) is 0 Å². The van der Waals surface area contributed by atoms with Gasteiger partial charge in [-0.15, -0.1) is 0 Å². The maximum absolute atomic E-state index is 2.57. The largest absolute Gasteiger partial charge is 0.300 e. The molecular weight excluding hydrogens is 122 g/mol. The summed E-state index contributed by atoms with van der Waals surface area (Å²) in [6.07, 6.45) is 2.96. The van der Waals surface area contributed by atoms with Gasteiger partial charge in [-0.2, -0.15) is 0 Å². The Hall–Kier alpha value is -0.0400. The molecule has 1 aliphatic carbocycles. The van der Waals surface area contributed by atoms with Gasteiger partial charge < -0.3 is 4.90 Å². The van der Waals surface area contributed by atoms with Gasteiger partial charge in [0.25, 0.3) is 0 Å². The Morgan fingerprint density at radius 2 is 1.90 bits per heavy atom. The van der Waals surface area contributed by atoms with Crippen molar-refractivity contribution in [2.45, 2.75) is 38.8 Å². The SMILES string of the molecule is CC1CC2CC2N(C)C1C. The van der Waals surface area contributed by atoms with Crippen LogP contribution < -0.4 is 0 Å². The fourth-order valence-corrected chi connectivity index (χ4v) is 2.36. The van der Waals surface area contributed by atoms with Gasteiger partial charge in [-0.25, -0.2) is 0 Å². The van der Waals surface area contributed by atoms with Crippen molar-refractivity contribution in [1.82, 2.24) is 4.90 Å². The van der Waals surface area contributed by atoms with Crippen LogP contribution in [0.5, 0.6) is 0 Å². The first-order valence-corrected chi connectivity index (χ1v) is 4.42. The summed E-state index contributed by atoms with van der Waals surface area (Å²) in [5.41, 5.74) is 0. The summed E-state index contributed by atoms with van der Waals surface area (Å²) < 4.78 is 0. The molecule has 2 rings (SSSR count). The molecule has 0 N–H and O–H groups in total. The second-order valence-electron chi connectivity index (χ2n) is 4.18. The van der Waals surface area contributed by atoms with Gasteiger partial charge in [0.1, 0.15) is 0 Å². The molecule has 4 atom stereocenters. The fourth-order valence-electron chi connectivity index (χ4n) is 2.36. The average molecular weight is 139 g/mol. The van der Waals surface area contributed by atoms with Crippen molar-refractivity contribution in [3.05, 3.63) is 0 Å². The Morgan fingerprint density at radius 3 is 2.60 bits per heavy atom. The van der Waals surface area contributed by atoms with Gasteiger partial charge in [-0.1, -0.05) is 6.92 Å². The molecule has 1 heteroatoms. The molecule has 0 spiro atoms. The number of hydrogen-bond acceptors (Lipinski definition) is 1. The highest BCUT2D eigenvalue weighted by atomic mass is 15.2. The van der Waals surface area contributed by atoms with E-state index in [1.165, 1.54) is 12.8 Å². The molecule has 0 radical (unpaired) electrons. The normalized spacial score (nSPS) is 54.3. The highest BCUT2D eigenvalue weighted by molar-refractivity contribution is 5.01. The summed E-state index contributed by atoms with van der Waals surface area (Å²) in [6.45, 7) is 4.74. The van der Waals surface area contributed by atoms with Crippen LogP contribution in [0.1, 0.15) is 26.7 Å². The lowest BCUT2D eigenvalue weighted by Crippen LogP contribution is -2.40. The molecule has 2 aliphatic rings. The first kappa shape index (κ1) is 6.66. The predicted molar refractivity (Wildman–Crippen MR) is 42.9 cm³/mol. The van der Waals surface area contributed by atoms with Gasteiger partial charge in [0.2, 0.25) is 0 Å². The van der Waals surface area contributed by atoms with Crippen LogP contribution in [0.4, 0.5) is 0 Å². The van der Waals surface area contributed by atoms with Crippen LogP contribution in [-0.2, 0) is 0 Å². The summed E-state index contributed by atoms with van der Waals surface area (Å²) >= 11 is 0. The molecule has 0 aromatic carbocycles. The van der Waals surface area contributed by atoms with Crippen molar-refractivity contribution in [2.75, 3.05) is 7.05 Å². The molecule has 1 heterocycles. The zero-order chi connectivity index (χ0) is 7.30. The lowest BCUT2D eigenvalue weighted by atomic mass is 9.92. The van der Waals surface area contributed by atoms with E-state index in [2.05, 4.69) is 25.8 Å². The van der Waals surface area contributed by atoms with Crippen molar-refractivity contribution in [3.8, 4) is 0 Å². The van der Waals surface area contributed by atoms with Crippen molar-refractivity contribution in [1.29, 1.82) is 0 Å². The van der Waals surface area contributed by atoms with Crippen molar-refractivity contribution in [2.24, 2.45) is 11.8 Å². The monoisotopic (exact) mass is 139 g/mol. The van der Waals surface area contributed by atoms with E-state index >= 15 is 0 Å². The maximum atomic E-state index is 2.57. The highest BCUT2D eigenvalue weighted by Crippen LogP contribution is 2.46. The van der Waals surface area contributed by atoms with E-state index in [4.69, 9.17) is 0 Å². The molecule has 0 bridgehead atoms. The standard InChI is InChI=1S/C9H17N/c1-6-4-8-5-9(8)10(3)7(6)2/h6-9H,4-5H2,1-3H3. The number of rotatable bonds is 0. The third kappa shape index (κ3) is 0.800. The van der Waals surface area contributed by atoms with E-state index in [0.717, 1.165) is 23.9 Å². The Balaban J connectivity index is 2.07. The summed E-state index contributed by atoms with van der Waals surface area (Å²) in [5.74, 6) is 1.99. The van der Waals surface area contributed by atoms with Crippen LogP contribution in [0, 0.1) is 11.8 Å². The van der Waals surface area contributed by atoms with Gasteiger partial charge >= 0.3 is 0 Å². The number of hydrogen-bond donors (Lipinski definition) is 0. The molecule has 4 unspecified atom stereocenters. The second kappa shape index (κ2) is 1.97. The molecule has 0 aromatic rings. The van der Waals surface area contributed by atoms with Crippen LogP contribution in [0.15, 0.2) is 0 Å². The van der Waals surface area contributed by atoms with Gasteiger partial charge in [-0.3, -0.25) is 0 Å². The molecule has 1 saturated carbocycles. The van der Waals surface area contributed by atoms with E-state index in [-0.39, 0.29) is 0 Å². The van der Waals surface area contributed by atoms with E-state index in [0.29, 0.717) is 0 Å². The van der Waals surface area contributed by atoms with Gasteiger partial charge in [0.15, 0.2) is 0 Å². The van der Waals surface area contributed by atoms with E-state index < -0.39 is 0 Å². The minimum absolute atomic E-state index is 0.823. The Labute approximate surface area is 63.4 Å². The molecule has 0 amide bonds. The quantitative estimate of drug-likeness (QED) is 0.494. The zero-order valence-corrected chi connectivity index (χ0v) is 7.17. The summed E-state index contributed by atoms with van der Waals surface area (Å²) in [4.78, 5) is 2.57. The maximum Gasteiger partial charge on any atom is 0.0127 e. The molecule has 0 aromatic heterocycles. The highest BCUT2D eigenvalue weighted by Gasteiger charge is 2.47. The van der Waals surface area contributed by atoms with Crippen molar-refractivity contribution in [3.63, 3.8) is 0 Å². The van der Waals surface area contributed by atoms with E-state index in [1.807, 2.05) is 0 Å². The number of likely N-dealkylation sites (tertiary alicyclic amines) is 1. The Bertz CT molecular complexity index is 142. The first-order valence-electron chi connectivity index (χ1n) is 4.42. The number of fused-ring (bicyclic) bond motifs is 1. The molecular formula is C9H17N. The van der Waals surface area contributed by atoms with Crippen molar-refractivity contribution < 1.29 is 0 Å². The summed E-state index contributed by atoms with van der Waals surface area (Å²) in [7, 11) is 2.28. The first-order chi connectivity index (χ1) is 4.70. The van der Waals surface area contributed by atoms with Gasteiger partial charge in [0, 0.05) is 12.1 Å². The zero-order valence-electron chi connectivity index (χ0n) is 7.17. The Kier molecular flexibility index (Phi) is 1.31. The third-order valence-corrected chi connectivity index (χ3v) is 3.55. The smallest absolute Gasteiger partial charge is 0.0127 e. The molecule has 10 heavy (non-hydrogen) atoms. The Morgan fingerprint density at radius 1 is 1.20 bits per heavy atom. The predicted octanol–water partition coefficient (Wildman–Crippen LogP) is 1.74. The topological polar surface area (TPSA) is 3.24 Å². The number of piperidine rings is 1. The van der Waals surface area contributed by atoms with Gasteiger partial charge in [0.05, 0.1) is 0 Å². The third-order valence-electron chi connectivity index (χ3n) is 3.55. The minimum atomic E-state index is 0.823. The van der Waals surface area contributed by atoms with Crippen LogP contribution in [0.25, 0.3) is 0 Å². The molecule has 1 nitrogen and oxygen atoms in total. The van der Waals surface area contributed by atoms with Crippen molar-refractivity contribution >= 4 is 0 Å². The van der Waals surface area contributed by atoms with Crippen LogP contribution in [-0.4, -0.2) is 24.0 Å². The van der Waals surface area contributed by atoms with Crippen LogP contribution >= 0.6 is 0 Å². The van der Waals surface area contributed by atoms with Crippen LogP contribution in [0.2, 0.25) is 0 Å². The number of nitrogens with zero attached hydrogens (tertiary/aromatic N) is 1. The lowest BCUT2D eigenvalue weighted by Gasteiger charge is -2.34. The lowest BCUT2D eigenvalue weighted by molar-refractivity contribution is 0.136.